The highest BCUT2D eigenvalue weighted by Gasteiger charge is 2.65. The average molecular weight is 576 g/mol. The summed E-state index contributed by atoms with van der Waals surface area (Å²) in [6.07, 6.45) is 4.66. The van der Waals surface area contributed by atoms with Gasteiger partial charge in [-0.05, 0) is 75.0 Å². The number of aryl methyl sites for hydroxylation is 2. The van der Waals surface area contributed by atoms with Crippen LogP contribution in [0.1, 0.15) is 76.5 Å². The van der Waals surface area contributed by atoms with E-state index >= 15 is 0 Å². The summed E-state index contributed by atoms with van der Waals surface area (Å²) in [5.74, 6) is -1.36. The molecule has 40 heavy (non-hydrogen) atoms. The molecule has 3 N–H and O–H groups in total. The van der Waals surface area contributed by atoms with E-state index in [1.165, 1.54) is 11.9 Å². The molecule has 222 valence electrons. The summed E-state index contributed by atoms with van der Waals surface area (Å²) in [4.78, 5) is 52.3. The number of carbonyl (C=O) groups is 3. The highest BCUT2D eigenvalue weighted by molar-refractivity contribution is 7.59. The number of nitrogens with zero attached hydrogens (tertiary/aromatic N) is 1. The minimum Gasteiger partial charge on any atom is -0.446 e. The zero-order valence-corrected chi connectivity index (χ0v) is 25.8. The second-order valence-corrected chi connectivity index (χ2v) is 15.1. The van der Waals surface area contributed by atoms with Crippen molar-refractivity contribution >= 4 is 25.3 Å². The average Bonchev–Trinajstić information content (AvgIpc) is 3.36. The lowest BCUT2D eigenvalue weighted by Gasteiger charge is -2.36. The zero-order valence-electron chi connectivity index (χ0n) is 25.0. The van der Waals surface area contributed by atoms with E-state index in [0.29, 0.717) is 6.42 Å². The summed E-state index contributed by atoms with van der Waals surface area (Å²) in [6.45, 7) is 14.7. The predicted octanol–water partition coefficient (Wildman–Crippen LogP) is 5.02. The fraction of sp³-hybridized carbons (Fsp3) is 0.633. The summed E-state index contributed by atoms with van der Waals surface area (Å²) in [6, 6.07) is 3.80. The number of benzene rings is 1. The van der Waals surface area contributed by atoms with E-state index in [1.807, 2.05) is 52.8 Å². The predicted molar refractivity (Wildman–Crippen MR) is 156 cm³/mol. The Kier molecular flexibility index (Phi) is 9.62. The number of ether oxygens (including phenoxy) is 1. The first-order valence-electron chi connectivity index (χ1n) is 14.1. The van der Waals surface area contributed by atoms with E-state index < -0.39 is 48.1 Å². The van der Waals surface area contributed by atoms with Gasteiger partial charge in [-0.15, -0.1) is 6.58 Å². The maximum atomic E-state index is 13.9. The van der Waals surface area contributed by atoms with Gasteiger partial charge >= 0.3 is 6.09 Å². The third-order valence-electron chi connectivity index (χ3n) is 8.51. The number of hydrogen-bond donors (Lipinski definition) is 3. The Morgan fingerprint density at radius 1 is 1.23 bits per heavy atom. The van der Waals surface area contributed by atoms with Crippen LogP contribution in [0.4, 0.5) is 4.79 Å². The fourth-order valence-electron chi connectivity index (χ4n) is 5.49. The van der Waals surface area contributed by atoms with E-state index in [0.717, 1.165) is 42.4 Å². The van der Waals surface area contributed by atoms with Gasteiger partial charge in [0.2, 0.25) is 19.2 Å². The van der Waals surface area contributed by atoms with Crippen molar-refractivity contribution in [2.24, 2.45) is 11.3 Å². The van der Waals surface area contributed by atoms with Crippen LogP contribution in [0.25, 0.3) is 0 Å². The van der Waals surface area contributed by atoms with Gasteiger partial charge in [-0.3, -0.25) is 14.2 Å². The molecule has 1 aromatic carbocycles. The molecule has 3 amide bonds. The first-order valence-corrected chi connectivity index (χ1v) is 15.9. The van der Waals surface area contributed by atoms with Crippen molar-refractivity contribution in [1.82, 2.24) is 15.5 Å². The van der Waals surface area contributed by atoms with Crippen molar-refractivity contribution in [2.45, 2.75) is 103 Å². The van der Waals surface area contributed by atoms with Crippen LogP contribution in [0.5, 0.6) is 0 Å². The lowest BCUT2D eigenvalue weighted by atomic mass is 9.85. The number of hydrogen-bond acceptors (Lipinski definition) is 5. The smallest absolute Gasteiger partial charge is 0.408 e. The van der Waals surface area contributed by atoms with Crippen LogP contribution in [0.2, 0.25) is 0 Å². The van der Waals surface area contributed by atoms with Gasteiger partial charge in [0, 0.05) is 13.0 Å². The molecule has 3 rings (SSSR count). The second-order valence-electron chi connectivity index (χ2n) is 12.6. The van der Waals surface area contributed by atoms with Crippen molar-refractivity contribution in [3.8, 4) is 0 Å². The summed E-state index contributed by atoms with van der Waals surface area (Å²) < 4.78 is 19.4. The third kappa shape index (κ3) is 6.80. The molecule has 0 bridgehead atoms. The van der Waals surface area contributed by atoms with Crippen LogP contribution in [0, 0.1) is 25.2 Å². The summed E-state index contributed by atoms with van der Waals surface area (Å²) in [5, 5.41) is 4.21. The number of alkyl carbamates (subject to hydrolysis) is 1. The van der Waals surface area contributed by atoms with Gasteiger partial charge in [0.05, 0.1) is 6.16 Å². The van der Waals surface area contributed by atoms with E-state index in [-0.39, 0.29) is 18.2 Å². The van der Waals surface area contributed by atoms with Crippen LogP contribution in [-0.4, -0.2) is 58.2 Å². The highest BCUT2D eigenvalue weighted by atomic mass is 31.2. The Labute approximate surface area is 238 Å². The largest absolute Gasteiger partial charge is 0.446 e. The monoisotopic (exact) mass is 575 g/mol. The molecule has 2 aliphatic rings. The van der Waals surface area contributed by atoms with Gasteiger partial charge in [0.15, 0.2) is 0 Å². The third-order valence-corrected chi connectivity index (χ3v) is 11.1. The number of likely N-dealkylation sites (N-methyl/N-ethyl adjacent to an activating group) is 1. The lowest BCUT2D eigenvalue weighted by Crippen LogP contribution is -2.58. The molecule has 0 heterocycles. The maximum absolute atomic E-state index is 13.9. The molecular formula is C30H46N3O6P. The zero-order chi connectivity index (χ0) is 30.0. The number of amides is 3. The SMILES string of the molecule is C=C[C@@H]1C[C@]1(NC(=O)[C@H](C)N(C)C(=O)C(NC(=O)OC1CCCC1)C(C)(C)C)P(=O)(O)Cc1c(C)cccc1C. The minimum absolute atomic E-state index is 0.0710. The van der Waals surface area contributed by atoms with Crippen molar-refractivity contribution < 1.29 is 28.6 Å². The van der Waals surface area contributed by atoms with Gasteiger partial charge in [-0.2, -0.15) is 0 Å². The van der Waals surface area contributed by atoms with Crippen molar-refractivity contribution in [2.75, 3.05) is 7.05 Å². The van der Waals surface area contributed by atoms with E-state index in [4.69, 9.17) is 4.74 Å². The Balaban J connectivity index is 1.74. The minimum atomic E-state index is -3.94. The maximum Gasteiger partial charge on any atom is 0.408 e. The number of rotatable bonds is 10. The molecule has 10 heteroatoms. The lowest BCUT2D eigenvalue weighted by molar-refractivity contribution is -0.142. The van der Waals surface area contributed by atoms with Crippen molar-refractivity contribution in [1.29, 1.82) is 0 Å². The summed E-state index contributed by atoms with van der Waals surface area (Å²) in [7, 11) is -2.44. The van der Waals surface area contributed by atoms with Crippen molar-refractivity contribution in [3.63, 3.8) is 0 Å². The highest BCUT2D eigenvalue weighted by Crippen LogP contribution is 2.71. The number of nitrogens with one attached hydrogen (secondary N) is 2. The molecule has 2 saturated carbocycles. The topological polar surface area (TPSA) is 125 Å². The Morgan fingerprint density at radius 2 is 1.80 bits per heavy atom. The van der Waals surface area contributed by atoms with Gasteiger partial charge in [-0.1, -0.05) is 45.0 Å². The van der Waals surface area contributed by atoms with E-state index in [1.54, 1.807) is 13.0 Å². The molecule has 2 aliphatic carbocycles. The van der Waals surface area contributed by atoms with Crippen molar-refractivity contribution in [3.05, 3.63) is 47.5 Å². The molecule has 5 atom stereocenters. The van der Waals surface area contributed by atoms with E-state index in [2.05, 4.69) is 17.2 Å². The second kappa shape index (κ2) is 12.1. The number of carbonyl (C=O) groups excluding carboxylic acids is 3. The standard InChI is InChI=1S/C30H46N3O6P/c1-9-22-17-30(22,40(37,38)18-24-19(2)13-12-14-20(24)3)32-26(34)21(4)33(8)27(35)25(29(5,6)7)31-28(36)39-23-15-10-11-16-23/h9,12-14,21-23,25H,1,10-11,15-18H2,2-8H3,(H,31,36)(H,32,34)(H,37,38)/t21-,22+,25?,30-/m0/s1. The molecule has 0 aliphatic heterocycles. The molecule has 9 nitrogen and oxygen atoms in total. The Morgan fingerprint density at radius 3 is 2.30 bits per heavy atom. The van der Waals surface area contributed by atoms with Gasteiger partial charge < -0.3 is 25.2 Å². The normalized spacial score (nSPS) is 23.9. The molecule has 0 saturated heterocycles. The Bertz CT molecular complexity index is 1170. The molecule has 0 radical (unpaired) electrons. The Hall–Kier alpha value is -2.64. The molecule has 0 spiro atoms. The molecule has 1 aromatic rings. The van der Waals surface area contributed by atoms with Crippen LogP contribution >= 0.6 is 7.37 Å². The molecule has 2 unspecified atom stereocenters. The summed E-state index contributed by atoms with van der Waals surface area (Å²) >= 11 is 0. The van der Waals surface area contributed by atoms with Crippen LogP contribution < -0.4 is 10.6 Å². The van der Waals surface area contributed by atoms with Gasteiger partial charge in [0.1, 0.15) is 23.5 Å². The van der Waals surface area contributed by atoms with Crippen LogP contribution in [0.15, 0.2) is 30.9 Å². The molecule has 2 fully saturated rings. The fourth-order valence-corrected chi connectivity index (χ4v) is 8.09. The molecule has 0 aromatic heterocycles. The van der Waals surface area contributed by atoms with E-state index in [9.17, 15) is 23.8 Å². The van der Waals surface area contributed by atoms with Crippen LogP contribution in [0.3, 0.4) is 0 Å². The quantitative estimate of drug-likeness (QED) is 0.266. The first kappa shape index (κ1) is 31.9. The van der Waals surface area contributed by atoms with Gasteiger partial charge in [0.25, 0.3) is 0 Å². The van der Waals surface area contributed by atoms with Crippen LogP contribution in [-0.2, 0) is 25.1 Å². The summed E-state index contributed by atoms with van der Waals surface area (Å²) in [5.41, 5.74) is 1.96. The molecular weight excluding hydrogens is 529 g/mol. The van der Waals surface area contributed by atoms with Gasteiger partial charge in [-0.25, -0.2) is 4.79 Å². The first-order chi connectivity index (χ1) is 18.5.